The lowest BCUT2D eigenvalue weighted by atomic mass is 10.1. The molecule has 1 aliphatic heterocycles. The van der Waals surface area contributed by atoms with E-state index in [0.717, 1.165) is 31.8 Å². The number of rotatable bonds is 5. The Balaban J connectivity index is 1.99. The van der Waals surface area contributed by atoms with E-state index in [0.29, 0.717) is 17.8 Å². The lowest BCUT2D eigenvalue weighted by Gasteiger charge is -2.32. The highest BCUT2D eigenvalue weighted by atomic mass is 16.5. The van der Waals surface area contributed by atoms with Crippen molar-refractivity contribution in [3.63, 3.8) is 0 Å². The standard InChI is InChI=1S/C15H22N2O3/c1-3-17-6-7-20-12(10-17)9-16-14-8-11(2)4-5-13(14)15(18)19/h4-5,8,12,16H,3,6-7,9-10H2,1-2H3,(H,18,19). The fourth-order valence-corrected chi connectivity index (χ4v) is 2.41. The van der Waals surface area contributed by atoms with E-state index in [2.05, 4.69) is 17.1 Å². The second kappa shape index (κ2) is 6.72. The second-order valence-corrected chi connectivity index (χ2v) is 5.12. The van der Waals surface area contributed by atoms with Crippen molar-refractivity contribution in [3.8, 4) is 0 Å². The van der Waals surface area contributed by atoms with Crippen LogP contribution in [0.1, 0.15) is 22.8 Å². The predicted molar refractivity (Wildman–Crippen MR) is 78.5 cm³/mol. The van der Waals surface area contributed by atoms with Crippen LogP contribution in [0, 0.1) is 6.92 Å². The number of likely N-dealkylation sites (N-methyl/N-ethyl adjacent to an activating group) is 1. The van der Waals surface area contributed by atoms with Gasteiger partial charge in [0.25, 0.3) is 0 Å². The van der Waals surface area contributed by atoms with E-state index in [4.69, 9.17) is 4.74 Å². The largest absolute Gasteiger partial charge is 0.478 e. The van der Waals surface area contributed by atoms with Gasteiger partial charge in [0.2, 0.25) is 0 Å². The highest BCUT2D eigenvalue weighted by molar-refractivity contribution is 5.94. The van der Waals surface area contributed by atoms with Gasteiger partial charge in [-0.05, 0) is 31.2 Å². The van der Waals surface area contributed by atoms with Crippen LogP contribution in [-0.2, 0) is 4.74 Å². The number of ether oxygens (including phenoxy) is 1. The molecule has 1 aromatic carbocycles. The van der Waals surface area contributed by atoms with E-state index in [9.17, 15) is 9.90 Å². The number of carboxylic acids is 1. The number of aromatic carboxylic acids is 1. The van der Waals surface area contributed by atoms with Gasteiger partial charge in [-0.3, -0.25) is 4.90 Å². The van der Waals surface area contributed by atoms with Crippen LogP contribution in [0.5, 0.6) is 0 Å². The van der Waals surface area contributed by atoms with Gasteiger partial charge >= 0.3 is 5.97 Å². The Morgan fingerprint density at radius 2 is 2.35 bits per heavy atom. The third kappa shape index (κ3) is 3.71. The molecule has 1 heterocycles. The smallest absolute Gasteiger partial charge is 0.337 e. The molecule has 0 spiro atoms. The Labute approximate surface area is 119 Å². The number of hydrogen-bond donors (Lipinski definition) is 2. The molecule has 0 aromatic heterocycles. The van der Waals surface area contributed by atoms with Gasteiger partial charge in [0.1, 0.15) is 0 Å². The number of hydrogen-bond acceptors (Lipinski definition) is 4. The highest BCUT2D eigenvalue weighted by Gasteiger charge is 2.19. The van der Waals surface area contributed by atoms with Crippen LogP contribution in [0.25, 0.3) is 0 Å². The molecule has 0 saturated carbocycles. The molecule has 2 N–H and O–H groups in total. The van der Waals surface area contributed by atoms with Crippen LogP contribution >= 0.6 is 0 Å². The molecule has 5 nitrogen and oxygen atoms in total. The maximum atomic E-state index is 11.2. The first-order valence-electron chi connectivity index (χ1n) is 7.02. The SMILES string of the molecule is CCN1CCOC(CNc2cc(C)ccc2C(=O)O)C1. The molecule has 20 heavy (non-hydrogen) atoms. The summed E-state index contributed by atoms with van der Waals surface area (Å²) in [5.74, 6) is -0.910. The lowest BCUT2D eigenvalue weighted by Crippen LogP contribution is -2.45. The summed E-state index contributed by atoms with van der Waals surface area (Å²) >= 11 is 0. The molecule has 0 bridgehead atoms. The van der Waals surface area contributed by atoms with Crippen LogP contribution in [-0.4, -0.2) is 54.9 Å². The molecule has 1 aliphatic rings. The molecule has 5 heteroatoms. The van der Waals surface area contributed by atoms with E-state index in [-0.39, 0.29) is 6.10 Å². The molecule has 0 amide bonds. The van der Waals surface area contributed by atoms with Crippen LogP contribution in [0.2, 0.25) is 0 Å². The fourth-order valence-electron chi connectivity index (χ4n) is 2.41. The maximum absolute atomic E-state index is 11.2. The molecule has 2 rings (SSSR count). The topological polar surface area (TPSA) is 61.8 Å². The van der Waals surface area contributed by atoms with E-state index in [1.807, 2.05) is 19.1 Å². The first kappa shape index (κ1) is 14.8. The van der Waals surface area contributed by atoms with Crippen LogP contribution in [0.4, 0.5) is 5.69 Å². The van der Waals surface area contributed by atoms with Crippen molar-refractivity contribution >= 4 is 11.7 Å². The molecule has 1 saturated heterocycles. The molecular formula is C15H22N2O3. The quantitative estimate of drug-likeness (QED) is 0.860. The Bertz CT molecular complexity index is 476. The van der Waals surface area contributed by atoms with Gasteiger partial charge in [0, 0.05) is 25.3 Å². The minimum Gasteiger partial charge on any atom is -0.478 e. The Kier molecular flexibility index (Phi) is 4.98. The summed E-state index contributed by atoms with van der Waals surface area (Å²) in [6.07, 6.45) is 0.103. The van der Waals surface area contributed by atoms with E-state index < -0.39 is 5.97 Å². The number of carbonyl (C=O) groups is 1. The number of nitrogens with zero attached hydrogens (tertiary/aromatic N) is 1. The molecule has 0 aliphatic carbocycles. The van der Waals surface area contributed by atoms with Gasteiger partial charge in [-0.15, -0.1) is 0 Å². The molecule has 110 valence electrons. The number of morpholine rings is 1. The molecule has 1 fully saturated rings. The third-order valence-electron chi connectivity index (χ3n) is 3.60. The molecule has 0 radical (unpaired) electrons. The van der Waals surface area contributed by atoms with Crippen molar-refractivity contribution in [2.24, 2.45) is 0 Å². The van der Waals surface area contributed by atoms with E-state index in [1.165, 1.54) is 0 Å². The summed E-state index contributed by atoms with van der Waals surface area (Å²) in [5, 5.41) is 12.4. The summed E-state index contributed by atoms with van der Waals surface area (Å²) < 4.78 is 5.71. The van der Waals surface area contributed by atoms with Crippen molar-refractivity contribution < 1.29 is 14.6 Å². The van der Waals surface area contributed by atoms with Gasteiger partial charge in [-0.2, -0.15) is 0 Å². The Morgan fingerprint density at radius 1 is 1.55 bits per heavy atom. The summed E-state index contributed by atoms with van der Waals surface area (Å²) in [7, 11) is 0. The van der Waals surface area contributed by atoms with Gasteiger partial charge in [0.15, 0.2) is 0 Å². The zero-order valence-electron chi connectivity index (χ0n) is 12.1. The number of carboxylic acid groups (broad SMARTS) is 1. The zero-order chi connectivity index (χ0) is 14.5. The predicted octanol–water partition coefficient (Wildman–Crippen LogP) is 1.83. The van der Waals surface area contributed by atoms with Gasteiger partial charge in [-0.1, -0.05) is 13.0 Å². The number of nitrogens with one attached hydrogen (secondary N) is 1. The average molecular weight is 278 g/mol. The van der Waals surface area contributed by atoms with Crippen molar-refractivity contribution in [1.29, 1.82) is 0 Å². The maximum Gasteiger partial charge on any atom is 0.337 e. The molecule has 1 atom stereocenters. The molecule has 1 aromatic rings. The summed E-state index contributed by atoms with van der Waals surface area (Å²) in [5.41, 5.74) is 2.01. The van der Waals surface area contributed by atoms with Gasteiger partial charge in [0.05, 0.1) is 18.3 Å². The molecular weight excluding hydrogens is 256 g/mol. The Hall–Kier alpha value is -1.59. The fraction of sp³-hybridized carbons (Fsp3) is 0.533. The van der Waals surface area contributed by atoms with Crippen molar-refractivity contribution in [3.05, 3.63) is 29.3 Å². The third-order valence-corrected chi connectivity index (χ3v) is 3.60. The normalized spacial score (nSPS) is 19.8. The highest BCUT2D eigenvalue weighted by Crippen LogP contribution is 2.18. The van der Waals surface area contributed by atoms with Crippen LogP contribution in [0.3, 0.4) is 0 Å². The van der Waals surface area contributed by atoms with Crippen molar-refractivity contribution in [1.82, 2.24) is 4.90 Å². The van der Waals surface area contributed by atoms with E-state index >= 15 is 0 Å². The number of aryl methyl sites for hydroxylation is 1. The van der Waals surface area contributed by atoms with Gasteiger partial charge in [-0.25, -0.2) is 4.79 Å². The molecule has 1 unspecified atom stereocenters. The monoisotopic (exact) mass is 278 g/mol. The first-order valence-corrected chi connectivity index (χ1v) is 7.02. The van der Waals surface area contributed by atoms with Gasteiger partial charge < -0.3 is 15.2 Å². The minimum atomic E-state index is -0.910. The number of benzene rings is 1. The minimum absolute atomic E-state index is 0.103. The Morgan fingerprint density at radius 3 is 3.05 bits per heavy atom. The summed E-state index contributed by atoms with van der Waals surface area (Å²) in [4.78, 5) is 13.5. The summed E-state index contributed by atoms with van der Waals surface area (Å²) in [6, 6.07) is 5.31. The summed E-state index contributed by atoms with van der Waals surface area (Å²) in [6.45, 7) is 8.33. The van der Waals surface area contributed by atoms with Crippen molar-refractivity contribution in [2.45, 2.75) is 20.0 Å². The van der Waals surface area contributed by atoms with Crippen molar-refractivity contribution in [2.75, 3.05) is 38.1 Å². The average Bonchev–Trinajstić information content (AvgIpc) is 2.45. The lowest BCUT2D eigenvalue weighted by molar-refractivity contribution is -0.0191. The first-order chi connectivity index (χ1) is 9.60. The van der Waals surface area contributed by atoms with Crippen LogP contribution < -0.4 is 5.32 Å². The number of anilines is 1. The van der Waals surface area contributed by atoms with E-state index in [1.54, 1.807) is 6.07 Å². The zero-order valence-corrected chi connectivity index (χ0v) is 12.1. The second-order valence-electron chi connectivity index (χ2n) is 5.12. The van der Waals surface area contributed by atoms with Crippen LogP contribution in [0.15, 0.2) is 18.2 Å².